The summed E-state index contributed by atoms with van der Waals surface area (Å²) in [5.41, 5.74) is 5.62. The van der Waals surface area contributed by atoms with Crippen molar-refractivity contribution < 1.29 is 0 Å². The number of nitrogens with zero attached hydrogens (tertiary/aromatic N) is 2. The average molecular weight is 200 g/mol. The van der Waals surface area contributed by atoms with E-state index >= 15 is 0 Å². The summed E-state index contributed by atoms with van der Waals surface area (Å²) < 4.78 is 0. The lowest BCUT2D eigenvalue weighted by Crippen LogP contribution is -1.98. The first-order valence-electron chi connectivity index (χ1n) is 5.22. The second-order valence-corrected chi connectivity index (χ2v) is 4.18. The highest BCUT2D eigenvalue weighted by atomic mass is 14.7. The van der Waals surface area contributed by atoms with Gasteiger partial charge in [-0.3, -0.25) is 9.97 Å². The number of aromatic nitrogens is 2. The van der Waals surface area contributed by atoms with E-state index in [9.17, 15) is 0 Å². The lowest BCUT2D eigenvalue weighted by molar-refractivity contribution is 1.09. The maximum Gasteiger partial charge on any atom is 0.0472 e. The van der Waals surface area contributed by atoms with Crippen molar-refractivity contribution >= 4 is 10.8 Å². The summed E-state index contributed by atoms with van der Waals surface area (Å²) in [6.45, 7) is 10.3. The van der Waals surface area contributed by atoms with Crippen molar-refractivity contribution in [1.29, 1.82) is 0 Å². The van der Waals surface area contributed by atoms with E-state index in [1.807, 2.05) is 6.92 Å². The number of hydrogen-bond acceptors (Lipinski definition) is 2. The predicted octanol–water partition coefficient (Wildman–Crippen LogP) is 3.17. The lowest BCUT2D eigenvalue weighted by atomic mass is 10.0. The fourth-order valence-corrected chi connectivity index (χ4v) is 2.17. The van der Waals surface area contributed by atoms with Crippen LogP contribution >= 0.6 is 0 Å². The minimum atomic E-state index is 1.08. The molecule has 15 heavy (non-hydrogen) atoms. The van der Waals surface area contributed by atoms with Gasteiger partial charge in [-0.2, -0.15) is 0 Å². The van der Waals surface area contributed by atoms with Crippen LogP contribution in [0.2, 0.25) is 0 Å². The topological polar surface area (TPSA) is 25.8 Å². The standard InChI is InChI=1S/C13H16N2/c1-7-6-12-8(2)9(3)15-11(5)13(12)10(4)14-7/h6H,1-5H3. The third-order valence-electron chi connectivity index (χ3n) is 2.97. The zero-order valence-electron chi connectivity index (χ0n) is 9.97. The van der Waals surface area contributed by atoms with Crippen LogP contribution in [-0.2, 0) is 0 Å². The van der Waals surface area contributed by atoms with Gasteiger partial charge in [-0.05, 0) is 51.6 Å². The Bertz CT molecular complexity index is 534. The Kier molecular flexibility index (Phi) is 2.22. The Morgan fingerprint density at radius 3 is 2.07 bits per heavy atom. The molecule has 2 heteroatoms. The number of fused-ring (bicyclic) bond motifs is 1. The molecule has 0 N–H and O–H groups in total. The molecule has 0 aliphatic carbocycles. The molecule has 0 saturated carbocycles. The first kappa shape index (κ1) is 10.1. The molecule has 0 atom stereocenters. The maximum atomic E-state index is 4.55. The van der Waals surface area contributed by atoms with E-state index in [4.69, 9.17) is 0 Å². The highest BCUT2D eigenvalue weighted by Crippen LogP contribution is 2.25. The third kappa shape index (κ3) is 1.50. The molecule has 2 aromatic rings. The zero-order valence-corrected chi connectivity index (χ0v) is 9.97. The molecule has 0 aliphatic heterocycles. The molecular weight excluding hydrogens is 184 g/mol. The highest BCUT2D eigenvalue weighted by Gasteiger charge is 2.09. The van der Waals surface area contributed by atoms with Crippen molar-refractivity contribution in [3.8, 4) is 0 Å². The van der Waals surface area contributed by atoms with Crippen molar-refractivity contribution in [1.82, 2.24) is 9.97 Å². The highest BCUT2D eigenvalue weighted by molar-refractivity contribution is 5.89. The van der Waals surface area contributed by atoms with Crippen molar-refractivity contribution in [3.05, 3.63) is 34.4 Å². The fraction of sp³-hybridized carbons (Fsp3) is 0.385. The van der Waals surface area contributed by atoms with Crippen LogP contribution in [0.3, 0.4) is 0 Å². The van der Waals surface area contributed by atoms with Crippen LogP contribution in [0.4, 0.5) is 0 Å². The van der Waals surface area contributed by atoms with E-state index in [1.165, 1.54) is 16.3 Å². The molecule has 2 nitrogen and oxygen atoms in total. The van der Waals surface area contributed by atoms with Crippen LogP contribution in [0.15, 0.2) is 6.07 Å². The SMILES string of the molecule is Cc1cc2c(C)c(C)nc(C)c2c(C)n1. The van der Waals surface area contributed by atoms with Crippen molar-refractivity contribution in [2.75, 3.05) is 0 Å². The molecule has 2 aromatic heterocycles. The number of aryl methyl sites for hydroxylation is 5. The molecular formula is C13H16N2. The van der Waals surface area contributed by atoms with Gasteiger partial charge in [0, 0.05) is 28.2 Å². The molecule has 0 fully saturated rings. The minimum Gasteiger partial charge on any atom is -0.258 e. The third-order valence-corrected chi connectivity index (χ3v) is 2.97. The van der Waals surface area contributed by atoms with E-state index < -0.39 is 0 Å². The zero-order chi connectivity index (χ0) is 11.2. The summed E-state index contributed by atoms with van der Waals surface area (Å²) in [6.07, 6.45) is 0. The average Bonchev–Trinajstić information content (AvgIpc) is 2.12. The molecule has 0 bridgehead atoms. The van der Waals surface area contributed by atoms with E-state index in [1.54, 1.807) is 0 Å². The summed E-state index contributed by atoms with van der Waals surface area (Å²) in [4.78, 5) is 9.05. The molecule has 0 aromatic carbocycles. The minimum absolute atomic E-state index is 1.08. The van der Waals surface area contributed by atoms with E-state index in [2.05, 4.69) is 43.7 Å². The van der Waals surface area contributed by atoms with E-state index in [-0.39, 0.29) is 0 Å². The van der Waals surface area contributed by atoms with Crippen LogP contribution in [0, 0.1) is 34.6 Å². The van der Waals surface area contributed by atoms with Gasteiger partial charge in [0.2, 0.25) is 0 Å². The van der Waals surface area contributed by atoms with Crippen molar-refractivity contribution in [2.45, 2.75) is 34.6 Å². The van der Waals surface area contributed by atoms with Crippen LogP contribution < -0.4 is 0 Å². The molecule has 0 aliphatic rings. The lowest BCUT2D eigenvalue weighted by Gasteiger charge is -2.11. The van der Waals surface area contributed by atoms with Crippen LogP contribution in [0.5, 0.6) is 0 Å². The maximum absolute atomic E-state index is 4.55. The van der Waals surface area contributed by atoms with Gasteiger partial charge in [0.05, 0.1) is 0 Å². The van der Waals surface area contributed by atoms with Crippen LogP contribution in [-0.4, -0.2) is 9.97 Å². The quantitative estimate of drug-likeness (QED) is 0.652. The van der Waals surface area contributed by atoms with Gasteiger partial charge in [0.25, 0.3) is 0 Å². The largest absolute Gasteiger partial charge is 0.258 e. The molecule has 0 unspecified atom stereocenters. The second-order valence-electron chi connectivity index (χ2n) is 4.18. The van der Waals surface area contributed by atoms with Crippen molar-refractivity contribution in [2.24, 2.45) is 0 Å². The Morgan fingerprint density at radius 2 is 1.40 bits per heavy atom. The van der Waals surface area contributed by atoms with Crippen LogP contribution in [0.25, 0.3) is 10.8 Å². The number of hydrogen-bond donors (Lipinski definition) is 0. The molecule has 78 valence electrons. The fourth-order valence-electron chi connectivity index (χ4n) is 2.17. The molecule has 0 radical (unpaired) electrons. The van der Waals surface area contributed by atoms with Gasteiger partial charge in [0.15, 0.2) is 0 Å². The van der Waals surface area contributed by atoms with Crippen molar-refractivity contribution in [3.63, 3.8) is 0 Å². The summed E-state index contributed by atoms with van der Waals surface area (Å²) in [5.74, 6) is 0. The van der Waals surface area contributed by atoms with Gasteiger partial charge < -0.3 is 0 Å². The molecule has 0 saturated heterocycles. The summed E-state index contributed by atoms with van der Waals surface area (Å²) in [6, 6.07) is 2.15. The normalized spacial score (nSPS) is 11.0. The summed E-state index contributed by atoms with van der Waals surface area (Å²) in [5, 5.41) is 2.51. The smallest absolute Gasteiger partial charge is 0.0472 e. The van der Waals surface area contributed by atoms with Crippen LogP contribution in [0.1, 0.15) is 28.3 Å². The molecule has 2 heterocycles. The Labute approximate surface area is 90.4 Å². The number of pyridine rings is 2. The first-order valence-corrected chi connectivity index (χ1v) is 5.22. The molecule has 2 rings (SSSR count). The predicted molar refractivity (Wildman–Crippen MR) is 63.2 cm³/mol. The Balaban J connectivity index is 3.02. The Hall–Kier alpha value is -1.44. The van der Waals surface area contributed by atoms with E-state index in [0.717, 1.165) is 22.8 Å². The summed E-state index contributed by atoms with van der Waals surface area (Å²) >= 11 is 0. The van der Waals surface area contributed by atoms with Gasteiger partial charge >= 0.3 is 0 Å². The monoisotopic (exact) mass is 200 g/mol. The first-order chi connectivity index (χ1) is 7.00. The number of rotatable bonds is 0. The molecule has 0 spiro atoms. The molecule has 0 amide bonds. The van der Waals surface area contributed by atoms with Gasteiger partial charge in [0.1, 0.15) is 0 Å². The van der Waals surface area contributed by atoms with Gasteiger partial charge in [-0.25, -0.2) is 0 Å². The van der Waals surface area contributed by atoms with E-state index in [0.29, 0.717) is 0 Å². The van der Waals surface area contributed by atoms with Gasteiger partial charge in [-0.15, -0.1) is 0 Å². The van der Waals surface area contributed by atoms with Gasteiger partial charge in [-0.1, -0.05) is 0 Å². The summed E-state index contributed by atoms with van der Waals surface area (Å²) in [7, 11) is 0. The Morgan fingerprint density at radius 1 is 0.800 bits per heavy atom. The second kappa shape index (κ2) is 3.30.